The van der Waals surface area contributed by atoms with E-state index in [1.165, 1.54) is 12.1 Å². The van der Waals surface area contributed by atoms with Gasteiger partial charge in [-0.05, 0) is 72.8 Å². The van der Waals surface area contributed by atoms with Crippen molar-refractivity contribution in [3.05, 3.63) is 106 Å². The molecule has 8 rings (SSSR count). The minimum atomic E-state index is -5.23. The predicted octanol–water partition coefficient (Wildman–Crippen LogP) is 8.12. The van der Waals surface area contributed by atoms with Crippen molar-refractivity contribution in [1.82, 2.24) is 9.78 Å². The maximum Gasteiger partial charge on any atom is 0.299 e. The Morgan fingerprint density at radius 3 is 1.55 bits per heavy atom. The molecule has 7 aromatic carbocycles. The van der Waals surface area contributed by atoms with Gasteiger partial charge in [0.2, 0.25) is 5.88 Å². The van der Waals surface area contributed by atoms with Gasteiger partial charge in [0, 0.05) is 28.3 Å². The minimum absolute atomic E-state index is 0.0130. The molecule has 0 saturated carbocycles. The summed E-state index contributed by atoms with van der Waals surface area (Å²) in [6, 6.07) is 11.7. The second kappa shape index (κ2) is 28.1. The first-order valence-electron chi connectivity index (χ1n) is 25.7. The molecule has 8 aromatic rings. The number of fused-ring (bicyclic) bond motifs is 2. The van der Waals surface area contributed by atoms with Gasteiger partial charge >= 0.3 is 0 Å². The third-order valence-electron chi connectivity index (χ3n) is 13.4. The Morgan fingerprint density at radius 1 is 0.510 bits per heavy atom. The fourth-order valence-electron chi connectivity index (χ4n) is 8.64. The van der Waals surface area contributed by atoms with Gasteiger partial charge in [-0.1, -0.05) is 11.6 Å². The number of hydrogen-bond acceptors (Lipinski definition) is 38. The molecule has 0 bridgehead atoms. The smallest absolute Gasteiger partial charge is 0.299 e. The van der Waals surface area contributed by atoms with Crippen LogP contribution in [0.15, 0.2) is 160 Å². The van der Waals surface area contributed by atoms with Crippen LogP contribution in [-0.2, 0) is 116 Å². The van der Waals surface area contributed by atoms with E-state index in [-0.39, 0.29) is 22.7 Å². The number of carbonyl (C=O) groups is 1. The second-order valence-electron chi connectivity index (χ2n) is 18.6. The largest absolute Gasteiger partial charge is 0.505 e. The molecule has 0 fully saturated rings. The molecule has 520 valence electrons. The number of nitrogen functional groups attached to an aromatic ring is 1. The monoisotopic (exact) mass is 1520 g/mol. The van der Waals surface area contributed by atoms with Crippen molar-refractivity contribution < 1.29 is 118 Å². The summed E-state index contributed by atoms with van der Waals surface area (Å²) in [6.45, 7) is -0.654. The standard InChI is InChI=1S/C50H43ClN12O28S7/c1-84-92(70,71)27-11-8-25(9-12-27)62-50(67)44(35(61-62)22-91-23-64)58-57-43-31(51)16-24(17-38(43)95(76,77)87-4)53-59-45-39(96(78,79)88-5)19-29-28(47(45)65)13-15-33(49(29)98(82,83)90-7)55-56-34-21-36(93(72,73)85-2)30-20-40(97(80,81)89-6)46(48(66)41(30)42(34)52)60-54-32-14-10-26(63(68)69)18-37(32)94(74,75)86-3/h8-21,23,65-67H,22,52H2,1-7H3. The highest BCUT2D eigenvalue weighted by molar-refractivity contribution is 7.88. The number of phenolic OH excluding ortho intramolecular Hbond substituents is 2. The van der Waals surface area contributed by atoms with E-state index < -0.39 is 213 Å². The van der Waals surface area contributed by atoms with Crippen LogP contribution in [0.1, 0.15) is 5.69 Å². The van der Waals surface area contributed by atoms with E-state index >= 15 is 0 Å². The molecule has 98 heavy (non-hydrogen) atoms. The fourth-order valence-corrected chi connectivity index (χ4v) is 14.7. The molecule has 0 radical (unpaired) electrons. The zero-order valence-corrected chi connectivity index (χ0v) is 56.6. The van der Waals surface area contributed by atoms with Gasteiger partial charge in [-0.15, -0.1) is 35.8 Å². The van der Waals surface area contributed by atoms with Gasteiger partial charge < -0.3 is 25.8 Å². The number of benzene rings is 7. The van der Waals surface area contributed by atoms with E-state index in [0.29, 0.717) is 65.9 Å². The van der Waals surface area contributed by atoms with Crippen LogP contribution in [0, 0.1) is 10.1 Å². The number of nitro benzene ring substituents is 1. The lowest BCUT2D eigenvalue weighted by atomic mass is 10.0. The van der Waals surface area contributed by atoms with E-state index in [0.717, 1.165) is 61.4 Å². The van der Waals surface area contributed by atoms with Gasteiger partial charge in [0.25, 0.3) is 83.0 Å². The van der Waals surface area contributed by atoms with Crippen molar-refractivity contribution in [2.45, 2.75) is 40.9 Å². The summed E-state index contributed by atoms with van der Waals surface area (Å²) >= 11 is 6.58. The Bertz CT molecular complexity index is 5640. The van der Waals surface area contributed by atoms with Gasteiger partial charge in [0.05, 0.1) is 87.1 Å². The molecule has 48 heteroatoms. The maximum absolute atomic E-state index is 14.0. The number of rotatable bonds is 27. The summed E-state index contributed by atoms with van der Waals surface area (Å²) in [4.78, 5) is 15.1. The number of carbonyl (C=O) groups excluding carboxylic acids is 1. The number of nitrogens with zero attached hydrogens (tertiary/aromatic N) is 11. The quantitative estimate of drug-likeness (QED) is 0.00942. The summed E-state index contributed by atoms with van der Waals surface area (Å²) in [7, 11) is -29.7. The number of phenols is 2. The molecule has 0 saturated heterocycles. The zero-order chi connectivity index (χ0) is 72.6. The third-order valence-corrected chi connectivity index (χ3v) is 22.8. The normalized spacial score (nSPS) is 13.1. The molecular formula is C50H43ClN12O28S7. The highest BCUT2D eigenvalue weighted by Gasteiger charge is 2.34. The Kier molecular flexibility index (Phi) is 21.3. The highest BCUT2D eigenvalue weighted by Crippen LogP contribution is 2.51. The number of aromatic hydroxyl groups is 3. The number of hydrogen-bond donors (Lipinski definition) is 4. The first kappa shape index (κ1) is 74.2. The van der Waals surface area contributed by atoms with Crippen LogP contribution in [0.4, 0.5) is 56.9 Å². The van der Waals surface area contributed by atoms with Crippen LogP contribution in [0.25, 0.3) is 27.2 Å². The highest BCUT2D eigenvalue weighted by atomic mass is 35.5. The fraction of sp³-hybridized carbons (Fsp3) is 0.160. The molecule has 0 spiro atoms. The van der Waals surface area contributed by atoms with Crippen molar-refractivity contribution in [1.29, 1.82) is 0 Å². The van der Waals surface area contributed by atoms with E-state index in [9.17, 15) is 89.2 Å². The van der Waals surface area contributed by atoms with Gasteiger partial charge in [-0.2, -0.15) is 73.8 Å². The Morgan fingerprint density at radius 2 is 0.990 bits per heavy atom. The molecular weight excluding hydrogens is 1480 g/mol. The maximum atomic E-state index is 14.0. The first-order chi connectivity index (χ1) is 45.8. The summed E-state index contributed by atoms with van der Waals surface area (Å²) < 4.78 is 225. The predicted molar refractivity (Wildman–Crippen MR) is 332 cm³/mol. The number of halogens is 1. The van der Waals surface area contributed by atoms with Crippen LogP contribution in [0.2, 0.25) is 5.02 Å². The van der Waals surface area contributed by atoms with Crippen LogP contribution < -0.4 is 5.73 Å². The zero-order valence-electron chi connectivity index (χ0n) is 50.1. The second-order valence-corrected chi connectivity index (χ2v) is 30.8. The number of anilines is 1. The molecule has 0 aliphatic heterocycles. The van der Waals surface area contributed by atoms with E-state index in [1.807, 2.05) is 0 Å². The molecule has 0 unspecified atom stereocenters. The van der Waals surface area contributed by atoms with Gasteiger partial charge in [0.15, 0.2) is 17.2 Å². The van der Waals surface area contributed by atoms with Crippen molar-refractivity contribution in [3.63, 3.8) is 0 Å². The molecule has 40 nitrogen and oxygen atoms in total. The lowest BCUT2D eigenvalue weighted by Gasteiger charge is -2.16. The van der Waals surface area contributed by atoms with E-state index in [1.54, 1.807) is 0 Å². The molecule has 0 amide bonds. The average molecular weight is 1520 g/mol. The van der Waals surface area contributed by atoms with Gasteiger partial charge in [0.1, 0.15) is 75.8 Å². The van der Waals surface area contributed by atoms with E-state index in [4.69, 9.17) is 38.8 Å². The number of azo groups is 4. The molecule has 0 aliphatic rings. The van der Waals surface area contributed by atoms with E-state index in [2.05, 4.69) is 58.6 Å². The third kappa shape index (κ3) is 14.4. The van der Waals surface area contributed by atoms with Crippen LogP contribution in [0.5, 0.6) is 17.4 Å². The molecule has 0 aliphatic carbocycles. The number of non-ortho nitro benzene ring substituents is 1. The summed E-state index contributed by atoms with van der Waals surface area (Å²) in [6.07, 6.45) is 0. The Hall–Kier alpha value is -9.60. The lowest BCUT2D eigenvalue weighted by Crippen LogP contribution is -2.08. The summed E-state index contributed by atoms with van der Waals surface area (Å²) in [5.74, 6) is -3.37. The molecule has 1 aromatic heterocycles. The van der Waals surface area contributed by atoms with Crippen molar-refractivity contribution in [2.75, 3.05) is 55.5 Å². The van der Waals surface area contributed by atoms with Crippen molar-refractivity contribution >= 4 is 167 Å². The number of aromatic nitrogens is 2. The van der Waals surface area contributed by atoms with Crippen molar-refractivity contribution in [2.24, 2.45) is 40.9 Å². The van der Waals surface area contributed by atoms with Gasteiger partial charge in [-0.3, -0.25) is 44.2 Å². The summed E-state index contributed by atoms with van der Waals surface area (Å²) in [5, 5.41) is 78.0. The number of nitro groups is 1. The minimum Gasteiger partial charge on any atom is -0.505 e. The topological polar surface area (TPSA) is 576 Å². The number of ether oxygens (including phenoxy) is 1. The SMILES string of the molecule is COS(=O)(=O)c1ccc(-n2nc(COC=O)c(N=Nc3c(Cl)cc(N=Nc4c(S(=O)(=O)OC)cc5c(S(=O)(=O)OC)c(N=Nc6cc(S(=O)(=O)OC)c7cc(S(=O)(=O)OC)c(N=Nc8ccc([N+](=O)[O-])cc8S(=O)(=O)OC)c(O)c7c6N)ccc5c4O)cc3S(=O)(=O)OC)c2O)cc1. The first-order valence-corrected chi connectivity index (χ1v) is 35.9. The van der Waals surface area contributed by atoms with Crippen molar-refractivity contribution in [3.8, 4) is 23.1 Å². The Balaban J connectivity index is 1.28. The van der Waals surface area contributed by atoms with Gasteiger partial charge in [-0.25, -0.2) is 0 Å². The number of nitrogens with two attached hydrogens (primary N) is 1. The molecule has 1 heterocycles. The van der Waals surface area contributed by atoms with Crippen LogP contribution in [0.3, 0.4) is 0 Å². The molecule has 5 N–H and O–H groups in total. The molecule has 0 atom stereocenters. The average Bonchev–Trinajstić information content (AvgIpc) is 0.850. The lowest BCUT2D eigenvalue weighted by molar-refractivity contribution is -0.385. The Labute approximate surface area is 557 Å². The van der Waals surface area contributed by atoms with Crippen LogP contribution >= 0.6 is 11.6 Å². The van der Waals surface area contributed by atoms with Crippen LogP contribution in [-0.4, -0.2) is 145 Å². The summed E-state index contributed by atoms with van der Waals surface area (Å²) in [5.41, 5.74) is -1.80.